The molecule has 0 aromatic carbocycles. The van der Waals surface area contributed by atoms with Crippen LogP contribution < -0.4 is 0 Å². The molecular formula is C12H26O3. The van der Waals surface area contributed by atoms with Crippen LogP contribution in [-0.2, 0) is 9.47 Å². The second-order valence-corrected chi connectivity index (χ2v) is 5.11. The molecule has 2 atom stereocenters. The van der Waals surface area contributed by atoms with Crippen LogP contribution in [0.25, 0.3) is 0 Å². The highest BCUT2D eigenvalue weighted by atomic mass is 16.7. The first-order chi connectivity index (χ1) is 6.84. The van der Waals surface area contributed by atoms with Gasteiger partial charge in [0.1, 0.15) is 0 Å². The maximum atomic E-state index is 9.61. The van der Waals surface area contributed by atoms with Gasteiger partial charge in [-0.3, -0.25) is 0 Å². The van der Waals surface area contributed by atoms with E-state index in [0.717, 1.165) is 0 Å². The van der Waals surface area contributed by atoms with Crippen LogP contribution in [0.2, 0.25) is 0 Å². The van der Waals surface area contributed by atoms with Gasteiger partial charge in [-0.05, 0) is 5.92 Å². The summed E-state index contributed by atoms with van der Waals surface area (Å²) in [5, 5.41) is 9.61. The molecule has 92 valence electrons. The summed E-state index contributed by atoms with van der Waals surface area (Å²) in [6, 6.07) is 0. The van der Waals surface area contributed by atoms with Crippen molar-refractivity contribution in [1.29, 1.82) is 0 Å². The number of hydrogen-bond donors (Lipinski definition) is 1. The highest BCUT2D eigenvalue weighted by Crippen LogP contribution is 2.15. The fraction of sp³-hybridized carbons (Fsp3) is 1.00. The maximum Gasteiger partial charge on any atom is 0.162 e. The van der Waals surface area contributed by atoms with Gasteiger partial charge < -0.3 is 14.6 Å². The summed E-state index contributed by atoms with van der Waals surface area (Å²) >= 11 is 0. The minimum absolute atomic E-state index is 0.0916. The van der Waals surface area contributed by atoms with Crippen LogP contribution in [0.3, 0.4) is 0 Å². The van der Waals surface area contributed by atoms with E-state index in [-0.39, 0.29) is 18.1 Å². The van der Waals surface area contributed by atoms with Crippen LogP contribution >= 0.6 is 0 Å². The normalized spacial score (nSPS) is 16.4. The largest absolute Gasteiger partial charge is 0.368 e. The van der Waals surface area contributed by atoms with Crippen molar-refractivity contribution >= 4 is 0 Å². The van der Waals surface area contributed by atoms with Crippen molar-refractivity contribution in [1.82, 2.24) is 0 Å². The van der Waals surface area contributed by atoms with Gasteiger partial charge >= 0.3 is 0 Å². The lowest BCUT2D eigenvalue weighted by Crippen LogP contribution is -2.32. The molecule has 0 aromatic heterocycles. The lowest BCUT2D eigenvalue weighted by Gasteiger charge is -2.27. The van der Waals surface area contributed by atoms with E-state index >= 15 is 0 Å². The Labute approximate surface area is 93.8 Å². The van der Waals surface area contributed by atoms with Gasteiger partial charge in [-0.25, -0.2) is 0 Å². The van der Waals surface area contributed by atoms with E-state index in [0.29, 0.717) is 12.5 Å². The zero-order chi connectivity index (χ0) is 12.0. The Morgan fingerprint density at radius 1 is 0.933 bits per heavy atom. The Hall–Kier alpha value is -0.120. The van der Waals surface area contributed by atoms with Crippen LogP contribution in [0.15, 0.2) is 0 Å². The fourth-order valence-corrected chi connectivity index (χ4v) is 0.971. The Morgan fingerprint density at radius 2 is 1.47 bits per heavy atom. The van der Waals surface area contributed by atoms with Crippen LogP contribution in [0.1, 0.15) is 41.5 Å². The quantitative estimate of drug-likeness (QED) is 0.668. The van der Waals surface area contributed by atoms with E-state index in [9.17, 15) is 5.11 Å². The lowest BCUT2D eigenvalue weighted by atomic mass is 10.2. The molecule has 2 unspecified atom stereocenters. The summed E-state index contributed by atoms with van der Waals surface area (Å²) in [5.41, 5.74) is 0. The number of ether oxygens (including phenoxy) is 2. The van der Waals surface area contributed by atoms with Crippen LogP contribution in [-0.4, -0.2) is 24.3 Å². The summed E-state index contributed by atoms with van der Waals surface area (Å²) < 4.78 is 11.1. The molecule has 0 saturated heterocycles. The zero-order valence-corrected chi connectivity index (χ0v) is 10.9. The Bertz CT molecular complexity index is 155. The first kappa shape index (κ1) is 14.9. The van der Waals surface area contributed by atoms with Crippen molar-refractivity contribution in [3.63, 3.8) is 0 Å². The van der Waals surface area contributed by atoms with Crippen molar-refractivity contribution in [2.75, 3.05) is 6.61 Å². The molecule has 0 fully saturated rings. The van der Waals surface area contributed by atoms with E-state index in [1.54, 1.807) is 0 Å². The third-order valence-electron chi connectivity index (χ3n) is 1.98. The highest BCUT2D eigenvalue weighted by Gasteiger charge is 2.20. The standard InChI is InChI=1S/C12H26O3/c1-8(2)7-14-12(10(5)6)15-11(13)9(3)4/h8-13H,7H2,1-6H3. The lowest BCUT2D eigenvalue weighted by molar-refractivity contribution is -0.258. The third-order valence-corrected chi connectivity index (χ3v) is 1.98. The van der Waals surface area contributed by atoms with Gasteiger partial charge in [0.2, 0.25) is 0 Å². The van der Waals surface area contributed by atoms with Crippen LogP contribution in [0, 0.1) is 17.8 Å². The van der Waals surface area contributed by atoms with Gasteiger partial charge in [0.25, 0.3) is 0 Å². The summed E-state index contributed by atoms with van der Waals surface area (Å²) in [5.74, 6) is 0.817. The van der Waals surface area contributed by atoms with E-state index in [2.05, 4.69) is 13.8 Å². The monoisotopic (exact) mass is 218 g/mol. The topological polar surface area (TPSA) is 38.7 Å². The Morgan fingerprint density at radius 3 is 1.80 bits per heavy atom. The average molecular weight is 218 g/mol. The predicted molar refractivity (Wildman–Crippen MR) is 61.3 cm³/mol. The number of aliphatic hydroxyl groups excluding tert-OH is 1. The summed E-state index contributed by atoms with van der Waals surface area (Å²) in [4.78, 5) is 0. The maximum absolute atomic E-state index is 9.61. The van der Waals surface area contributed by atoms with Crippen molar-refractivity contribution in [2.24, 2.45) is 17.8 Å². The summed E-state index contributed by atoms with van der Waals surface area (Å²) in [6.45, 7) is 12.7. The molecule has 0 saturated carbocycles. The van der Waals surface area contributed by atoms with Gasteiger partial charge in [-0.15, -0.1) is 0 Å². The molecule has 3 nitrogen and oxygen atoms in total. The minimum Gasteiger partial charge on any atom is -0.368 e. The summed E-state index contributed by atoms with van der Waals surface area (Å²) in [6.07, 6.45) is -1.06. The minimum atomic E-state index is -0.746. The number of aliphatic hydroxyl groups is 1. The van der Waals surface area contributed by atoms with Crippen molar-refractivity contribution in [3.05, 3.63) is 0 Å². The molecule has 0 aliphatic carbocycles. The second kappa shape index (κ2) is 7.20. The Balaban J connectivity index is 4.04. The van der Waals surface area contributed by atoms with E-state index in [1.807, 2.05) is 27.7 Å². The number of hydrogen-bond acceptors (Lipinski definition) is 3. The highest BCUT2D eigenvalue weighted by molar-refractivity contribution is 4.56. The van der Waals surface area contributed by atoms with E-state index in [4.69, 9.17) is 9.47 Å². The van der Waals surface area contributed by atoms with Gasteiger partial charge in [-0.1, -0.05) is 41.5 Å². The molecule has 0 bridgehead atoms. The first-order valence-corrected chi connectivity index (χ1v) is 5.79. The zero-order valence-electron chi connectivity index (χ0n) is 10.9. The van der Waals surface area contributed by atoms with Gasteiger partial charge in [0.15, 0.2) is 12.6 Å². The van der Waals surface area contributed by atoms with E-state index < -0.39 is 6.29 Å². The molecule has 0 heterocycles. The van der Waals surface area contributed by atoms with Crippen molar-refractivity contribution in [3.8, 4) is 0 Å². The molecule has 0 spiro atoms. The average Bonchev–Trinajstić information content (AvgIpc) is 2.10. The van der Waals surface area contributed by atoms with Gasteiger partial charge in [0.05, 0.1) is 6.61 Å². The molecule has 0 aliphatic heterocycles. The molecule has 0 radical (unpaired) electrons. The molecule has 0 amide bonds. The SMILES string of the molecule is CC(C)COC(OC(O)C(C)C)C(C)C. The molecule has 1 N–H and O–H groups in total. The summed E-state index contributed by atoms with van der Waals surface area (Å²) in [7, 11) is 0. The molecule has 0 aliphatic rings. The van der Waals surface area contributed by atoms with Gasteiger partial charge in [-0.2, -0.15) is 0 Å². The van der Waals surface area contributed by atoms with Gasteiger partial charge in [0, 0.05) is 11.8 Å². The van der Waals surface area contributed by atoms with Crippen LogP contribution in [0.5, 0.6) is 0 Å². The first-order valence-electron chi connectivity index (χ1n) is 5.79. The molecule has 15 heavy (non-hydrogen) atoms. The Kier molecular flexibility index (Phi) is 7.14. The number of rotatable bonds is 7. The second-order valence-electron chi connectivity index (χ2n) is 5.11. The van der Waals surface area contributed by atoms with E-state index in [1.165, 1.54) is 0 Å². The molecule has 0 aromatic rings. The predicted octanol–water partition coefficient (Wildman–Crippen LogP) is 2.63. The fourth-order valence-electron chi connectivity index (χ4n) is 0.971. The van der Waals surface area contributed by atoms with Crippen molar-refractivity contribution < 1.29 is 14.6 Å². The molecular weight excluding hydrogens is 192 g/mol. The van der Waals surface area contributed by atoms with Crippen LogP contribution in [0.4, 0.5) is 0 Å². The molecule has 3 heteroatoms. The third kappa shape index (κ3) is 6.88. The molecule has 0 rings (SSSR count). The smallest absolute Gasteiger partial charge is 0.162 e. The van der Waals surface area contributed by atoms with Crippen molar-refractivity contribution in [2.45, 2.75) is 54.1 Å².